The largest absolute Gasteiger partial charge is 2.00 e. The summed E-state index contributed by atoms with van der Waals surface area (Å²) in [5.74, 6) is 0.931. The van der Waals surface area contributed by atoms with E-state index in [1.54, 1.807) is 18.0 Å². The molecule has 0 amide bonds. The van der Waals surface area contributed by atoms with Gasteiger partial charge in [0.1, 0.15) is 0 Å². The average molecular weight is 563 g/mol. The van der Waals surface area contributed by atoms with Crippen molar-refractivity contribution in [1.82, 2.24) is 16.0 Å². The summed E-state index contributed by atoms with van der Waals surface area (Å²) in [6.45, 7) is 10.7. The molecular weight excluding hydrogens is 530 g/mol. The van der Waals surface area contributed by atoms with Crippen LogP contribution in [-0.4, -0.2) is 25.0 Å². The van der Waals surface area contributed by atoms with E-state index in [-0.39, 0.29) is 36.5 Å². The van der Waals surface area contributed by atoms with Crippen molar-refractivity contribution in [3.8, 4) is 0 Å². The number of allylic oxidation sites excluding steroid dienone is 2. The molecule has 0 saturated carbocycles. The molecule has 130 valence electrons. The van der Waals surface area contributed by atoms with Crippen LogP contribution in [0.2, 0.25) is 0 Å². The molecule has 0 aromatic rings. The van der Waals surface area contributed by atoms with Crippen molar-refractivity contribution in [1.29, 1.82) is 0 Å². The minimum atomic E-state index is 0. The Balaban J connectivity index is 0.00000484. The van der Waals surface area contributed by atoms with Gasteiger partial charge in [-0.2, -0.15) is 11.8 Å². The first-order chi connectivity index (χ1) is 10.5. The van der Waals surface area contributed by atoms with Gasteiger partial charge in [0.25, 0.3) is 0 Å². The average Bonchev–Trinajstić information content (AvgIpc) is 2.49. The van der Waals surface area contributed by atoms with Crippen molar-refractivity contribution < 1.29 is 31.1 Å². The molecule has 0 bridgehead atoms. The van der Waals surface area contributed by atoms with Gasteiger partial charge < -0.3 is 27.8 Å². The molecule has 23 heavy (non-hydrogen) atoms. The molecule has 0 aliphatic carbocycles. The second-order valence-electron chi connectivity index (χ2n) is 6.62. The molecule has 5 N–H and O–H groups in total. The summed E-state index contributed by atoms with van der Waals surface area (Å²) in [4.78, 5) is 1.23. The quantitative estimate of drug-likeness (QED) is 0.198. The van der Waals surface area contributed by atoms with Crippen molar-refractivity contribution in [3.05, 3.63) is 29.9 Å². The number of nitrogens with one attached hydrogen (secondary N) is 3. The Morgan fingerprint density at radius 1 is 1.48 bits per heavy atom. The Bertz CT molecular complexity index is 347. The smallest absolute Gasteiger partial charge is 0.570 e. The maximum atomic E-state index is 5.71. The van der Waals surface area contributed by atoms with Crippen molar-refractivity contribution in [2.45, 2.75) is 52.5 Å². The molecule has 6 heteroatoms. The molecule has 0 aromatic carbocycles. The Morgan fingerprint density at radius 3 is 2.87 bits per heavy atom. The Hall–Kier alpha value is 0.402. The van der Waals surface area contributed by atoms with E-state index in [0.717, 1.165) is 31.8 Å². The van der Waals surface area contributed by atoms with Crippen LogP contribution in [0.15, 0.2) is 17.3 Å². The monoisotopic (exact) mass is 562 g/mol. The zero-order chi connectivity index (χ0) is 16.3. The number of nitrogens with two attached hydrogens (primary N) is 1. The summed E-state index contributed by atoms with van der Waals surface area (Å²) in [5, 5.41) is 10.2. The summed E-state index contributed by atoms with van der Waals surface area (Å²) < 4.78 is 0. The van der Waals surface area contributed by atoms with Gasteiger partial charge in [0, 0.05) is 24.7 Å². The maximum absolute atomic E-state index is 5.71. The standard InChI is InChI=1S/C17H32N4S.U/c1-17(2,3)8-11-19-9-5-7-16(12-18)22-14-21-15-6-4-10-20-13-15;/h9,11-12,15,19-21H,4-7,10,13-14,18H2,1-3H3;/q-2;+2/b16-12-;/t15-;/m1./s1. The van der Waals surface area contributed by atoms with Gasteiger partial charge in [-0.1, -0.05) is 20.8 Å². The zero-order valence-corrected chi connectivity index (χ0v) is 19.7. The van der Waals surface area contributed by atoms with Gasteiger partial charge in [0.15, 0.2) is 0 Å². The van der Waals surface area contributed by atoms with Crippen molar-refractivity contribution in [3.63, 3.8) is 0 Å². The van der Waals surface area contributed by atoms with E-state index in [9.17, 15) is 0 Å². The molecule has 1 fully saturated rings. The summed E-state index contributed by atoms with van der Waals surface area (Å²) in [5.41, 5.74) is 5.81. The molecule has 4 nitrogen and oxygen atoms in total. The summed E-state index contributed by atoms with van der Waals surface area (Å²) in [6.07, 6.45) is 11.4. The Labute approximate surface area is 170 Å². The minimum Gasteiger partial charge on any atom is -0.570 e. The number of piperidine rings is 1. The molecule has 0 spiro atoms. The normalized spacial score (nSPS) is 19.6. The number of rotatable bonds is 9. The van der Waals surface area contributed by atoms with Crippen molar-refractivity contribution in [2.75, 3.05) is 19.0 Å². The van der Waals surface area contributed by atoms with Crippen LogP contribution in [-0.2, 0) is 0 Å². The SMILES string of the molecule is CC(C)(C)[C-]=CN[CH-]CC/C(=C/N)SCN[C@@H]1CCCNC1.[U+2]. The molecule has 1 saturated heterocycles. The second-order valence-corrected chi connectivity index (χ2v) is 7.72. The van der Waals surface area contributed by atoms with Gasteiger partial charge in [-0.25, -0.2) is 12.7 Å². The molecule has 1 aliphatic heterocycles. The van der Waals surface area contributed by atoms with Crippen LogP contribution in [0.3, 0.4) is 0 Å². The van der Waals surface area contributed by atoms with E-state index >= 15 is 0 Å². The zero-order valence-electron chi connectivity index (χ0n) is 14.7. The fourth-order valence-corrected chi connectivity index (χ4v) is 2.96. The van der Waals surface area contributed by atoms with Crippen LogP contribution >= 0.6 is 11.8 Å². The van der Waals surface area contributed by atoms with Crippen LogP contribution in [0.1, 0.15) is 46.5 Å². The molecule has 0 unspecified atom stereocenters. The van der Waals surface area contributed by atoms with Crippen LogP contribution < -0.4 is 21.7 Å². The predicted molar refractivity (Wildman–Crippen MR) is 97.7 cm³/mol. The van der Waals surface area contributed by atoms with Gasteiger partial charge >= 0.3 is 31.1 Å². The van der Waals surface area contributed by atoms with E-state index < -0.39 is 0 Å². The topological polar surface area (TPSA) is 62.1 Å². The second kappa shape index (κ2) is 13.7. The fraction of sp³-hybridized carbons (Fsp3) is 0.706. The van der Waals surface area contributed by atoms with E-state index in [1.807, 2.05) is 6.20 Å². The third-order valence-electron chi connectivity index (χ3n) is 3.35. The summed E-state index contributed by atoms with van der Waals surface area (Å²) >= 11 is 1.81. The van der Waals surface area contributed by atoms with E-state index in [4.69, 9.17) is 5.73 Å². The third-order valence-corrected chi connectivity index (χ3v) is 4.38. The van der Waals surface area contributed by atoms with Gasteiger partial charge in [-0.05, 0) is 30.7 Å². The summed E-state index contributed by atoms with van der Waals surface area (Å²) in [7, 11) is 0. The Morgan fingerprint density at radius 2 is 2.26 bits per heavy atom. The molecule has 1 rings (SSSR count). The maximum Gasteiger partial charge on any atom is 2.00 e. The van der Waals surface area contributed by atoms with Gasteiger partial charge in [-0.3, -0.25) is 0 Å². The number of hydrogen-bond donors (Lipinski definition) is 4. The Kier molecular flexibility index (Phi) is 13.9. The molecule has 0 aromatic heterocycles. The van der Waals surface area contributed by atoms with Gasteiger partial charge in [0.2, 0.25) is 0 Å². The van der Waals surface area contributed by atoms with Crippen LogP contribution in [0.25, 0.3) is 0 Å². The first-order valence-corrected chi connectivity index (χ1v) is 9.14. The summed E-state index contributed by atoms with van der Waals surface area (Å²) in [6, 6.07) is 0.603. The number of hydrogen-bond acceptors (Lipinski definition) is 5. The molecule has 0 radical (unpaired) electrons. The predicted octanol–water partition coefficient (Wildman–Crippen LogP) is 2.71. The fourth-order valence-electron chi connectivity index (χ4n) is 2.10. The molecule has 1 heterocycles. The van der Waals surface area contributed by atoms with Crippen LogP contribution in [0, 0.1) is 49.1 Å². The first-order valence-electron chi connectivity index (χ1n) is 8.16. The van der Waals surface area contributed by atoms with E-state index in [1.165, 1.54) is 17.7 Å². The minimum absolute atomic E-state index is 0. The molecular formula is C17H32N4SU. The number of thioether (sulfide) groups is 1. The van der Waals surface area contributed by atoms with E-state index in [2.05, 4.69) is 49.3 Å². The van der Waals surface area contributed by atoms with E-state index in [0.29, 0.717) is 6.04 Å². The van der Waals surface area contributed by atoms with Gasteiger partial charge in [0.05, 0.1) is 0 Å². The van der Waals surface area contributed by atoms with Crippen LogP contribution in [0.5, 0.6) is 0 Å². The third kappa shape index (κ3) is 13.4. The van der Waals surface area contributed by atoms with Gasteiger partial charge in [-0.15, -0.1) is 11.8 Å². The van der Waals surface area contributed by atoms with Crippen molar-refractivity contribution in [2.24, 2.45) is 11.1 Å². The van der Waals surface area contributed by atoms with Crippen LogP contribution in [0.4, 0.5) is 0 Å². The van der Waals surface area contributed by atoms with Crippen molar-refractivity contribution >= 4 is 11.8 Å². The molecule has 1 aliphatic rings. The molecule has 1 atom stereocenters. The first kappa shape index (κ1) is 23.4.